The highest BCUT2D eigenvalue weighted by Gasteiger charge is 2.25. The summed E-state index contributed by atoms with van der Waals surface area (Å²) in [6.07, 6.45) is 29.3. The standard InChI is InChI=1S/C29H57F3/c1-2-3-4-5-6-7-8-9-10-11-12-13-14-15-16-17-18-19-20-21-22-23-24-25-26-27-28-29(30,31)32/h2-28H2,1H3. The van der Waals surface area contributed by atoms with Crippen LogP contribution in [0.1, 0.15) is 180 Å². The van der Waals surface area contributed by atoms with E-state index < -0.39 is 12.6 Å². The Hall–Kier alpha value is -0.210. The van der Waals surface area contributed by atoms with E-state index in [-0.39, 0.29) is 0 Å². The lowest BCUT2D eigenvalue weighted by molar-refractivity contribution is -0.135. The average molecular weight is 463 g/mol. The van der Waals surface area contributed by atoms with Crippen LogP contribution in [0.25, 0.3) is 0 Å². The van der Waals surface area contributed by atoms with Crippen molar-refractivity contribution in [1.29, 1.82) is 0 Å². The fourth-order valence-corrected chi connectivity index (χ4v) is 4.64. The molecule has 0 aliphatic heterocycles. The normalized spacial score (nSPS) is 12.0. The van der Waals surface area contributed by atoms with Gasteiger partial charge in [0.2, 0.25) is 0 Å². The Kier molecular flexibility index (Phi) is 25.2. The third-order valence-corrected chi connectivity index (χ3v) is 6.81. The minimum absolute atomic E-state index is 0.308. The maximum Gasteiger partial charge on any atom is 0.389 e. The fourth-order valence-electron chi connectivity index (χ4n) is 4.64. The molecule has 0 radical (unpaired) electrons. The third-order valence-electron chi connectivity index (χ3n) is 6.81. The molecule has 0 aromatic carbocycles. The molecule has 0 saturated carbocycles. The Morgan fingerprint density at radius 1 is 0.312 bits per heavy atom. The molecule has 0 aromatic heterocycles. The Balaban J connectivity index is 3.02. The summed E-state index contributed by atoms with van der Waals surface area (Å²) in [6.45, 7) is 2.29. The molecule has 0 saturated heterocycles. The summed E-state index contributed by atoms with van der Waals surface area (Å²) < 4.78 is 36.1. The SMILES string of the molecule is CCCCCCCCCCCCCCCCCCCCCCCCCCCCC(F)(F)F. The number of halogens is 3. The molecule has 0 bridgehead atoms. The predicted molar refractivity (Wildman–Crippen MR) is 136 cm³/mol. The lowest BCUT2D eigenvalue weighted by atomic mass is 10.0. The third kappa shape index (κ3) is 29.8. The van der Waals surface area contributed by atoms with Crippen LogP contribution in [0.5, 0.6) is 0 Å². The molecule has 0 aliphatic carbocycles. The molecule has 0 rings (SSSR count). The molecule has 0 atom stereocenters. The van der Waals surface area contributed by atoms with Crippen molar-refractivity contribution in [3.63, 3.8) is 0 Å². The van der Waals surface area contributed by atoms with Crippen molar-refractivity contribution in [2.75, 3.05) is 0 Å². The summed E-state index contributed by atoms with van der Waals surface area (Å²) >= 11 is 0. The molecule has 0 aromatic rings. The van der Waals surface area contributed by atoms with E-state index in [4.69, 9.17) is 0 Å². The molecule has 0 heterocycles. The molecular formula is C29H57F3. The molecule has 0 fully saturated rings. The van der Waals surface area contributed by atoms with E-state index in [1.807, 2.05) is 0 Å². The number of hydrogen-bond acceptors (Lipinski definition) is 0. The van der Waals surface area contributed by atoms with Crippen molar-refractivity contribution in [2.45, 2.75) is 186 Å². The van der Waals surface area contributed by atoms with Crippen LogP contribution in [0.4, 0.5) is 13.2 Å². The van der Waals surface area contributed by atoms with E-state index in [1.54, 1.807) is 0 Å². The lowest BCUT2D eigenvalue weighted by Crippen LogP contribution is -2.06. The summed E-state index contributed by atoms with van der Waals surface area (Å²) in [5.41, 5.74) is 0. The number of unbranched alkanes of at least 4 members (excludes halogenated alkanes) is 25. The van der Waals surface area contributed by atoms with E-state index in [1.165, 1.54) is 141 Å². The smallest absolute Gasteiger partial charge is 0.171 e. The summed E-state index contributed by atoms with van der Waals surface area (Å²) in [5.74, 6) is 0. The van der Waals surface area contributed by atoms with Crippen molar-refractivity contribution in [1.82, 2.24) is 0 Å². The van der Waals surface area contributed by atoms with Crippen LogP contribution in [0.3, 0.4) is 0 Å². The second kappa shape index (κ2) is 25.4. The topological polar surface area (TPSA) is 0 Å². The molecule has 0 nitrogen and oxygen atoms in total. The van der Waals surface area contributed by atoms with Gasteiger partial charge < -0.3 is 0 Å². The van der Waals surface area contributed by atoms with E-state index in [0.29, 0.717) is 6.42 Å². The molecule has 32 heavy (non-hydrogen) atoms. The Morgan fingerprint density at radius 3 is 0.688 bits per heavy atom. The van der Waals surface area contributed by atoms with E-state index >= 15 is 0 Å². The summed E-state index contributed by atoms with van der Waals surface area (Å²) in [7, 11) is 0. The maximum atomic E-state index is 12.0. The van der Waals surface area contributed by atoms with Crippen molar-refractivity contribution in [3.8, 4) is 0 Å². The van der Waals surface area contributed by atoms with Crippen LogP contribution in [-0.4, -0.2) is 6.18 Å². The first-order valence-corrected chi connectivity index (χ1v) is 14.6. The summed E-state index contributed by atoms with van der Waals surface area (Å²) in [5, 5.41) is 0. The van der Waals surface area contributed by atoms with Gasteiger partial charge in [0.15, 0.2) is 0 Å². The van der Waals surface area contributed by atoms with Gasteiger partial charge in [-0.25, -0.2) is 0 Å². The van der Waals surface area contributed by atoms with Gasteiger partial charge >= 0.3 is 6.18 Å². The number of alkyl halides is 3. The van der Waals surface area contributed by atoms with Crippen molar-refractivity contribution >= 4 is 0 Å². The second-order valence-electron chi connectivity index (χ2n) is 10.2. The molecule has 0 N–H and O–H groups in total. The van der Waals surface area contributed by atoms with Crippen LogP contribution in [0.2, 0.25) is 0 Å². The maximum absolute atomic E-state index is 12.0. The molecule has 3 heteroatoms. The molecule has 0 spiro atoms. The predicted octanol–water partition coefficient (Wildman–Crippen LogP) is 12.1. The van der Waals surface area contributed by atoms with Crippen LogP contribution in [0, 0.1) is 0 Å². The van der Waals surface area contributed by atoms with Gasteiger partial charge in [0.1, 0.15) is 0 Å². The first-order valence-electron chi connectivity index (χ1n) is 14.6. The van der Waals surface area contributed by atoms with Gasteiger partial charge in [-0.2, -0.15) is 13.2 Å². The van der Waals surface area contributed by atoms with Gasteiger partial charge in [0, 0.05) is 6.42 Å². The van der Waals surface area contributed by atoms with Crippen molar-refractivity contribution < 1.29 is 13.2 Å². The van der Waals surface area contributed by atoms with Gasteiger partial charge in [-0.15, -0.1) is 0 Å². The van der Waals surface area contributed by atoms with Crippen molar-refractivity contribution in [2.24, 2.45) is 0 Å². The van der Waals surface area contributed by atoms with Crippen LogP contribution < -0.4 is 0 Å². The Bertz CT molecular complexity index is 338. The first kappa shape index (κ1) is 31.8. The van der Waals surface area contributed by atoms with E-state index in [9.17, 15) is 13.2 Å². The van der Waals surface area contributed by atoms with Gasteiger partial charge in [0.25, 0.3) is 0 Å². The van der Waals surface area contributed by atoms with Gasteiger partial charge in [-0.1, -0.05) is 167 Å². The molecular weight excluding hydrogens is 405 g/mol. The number of hydrogen-bond donors (Lipinski definition) is 0. The number of rotatable bonds is 26. The lowest BCUT2D eigenvalue weighted by Gasteiger charge is -2.06. The minimum Gasteiger partial charge on any atom is -0.171 e. The first-order chi connectivity index (χ1) is 15.6. The van der Waals surface area contributed by atoms with Crippen LogP contribution in [-0.2, 0) is 0 Å². The highest BCUT2D eigenvalue weighted by atomic mass is 19.4. The monoisotopic (exact) mass is 462 g/mol. The van der Waals surface area contributed by atoms with Gasteiger partial charge in [-0.05, 0) is 6.42 Å². The molecule has 0 unspecified atom stereocenters. The average Bonchev–Trinajstić information content (AvgIpc) is 2.75. The summed E-state index contributed by atoms with van der Waals surface area (Å²) in [4.78, 5) is 0. The van der Waals surface area contributed by atoms with E-state index in [0.717, 1.165) is 19.3 Å². The fraction of sp³-hybridized carbons (Fsp3) is 1.00. The Morgan fingerprint density at radius 2 is 0.500 bits per heavy atom. The van der Waals surface area contributed by atoms with E-state index in [2.05, 4.69) is 6.92 Å². The van der Waals surface area contributed by atoms with Gasteiger partial charge in [0.05, 0.1) is 0 Å². The minimum atomic E-state index is -3.97. The molecule has 0 amide bonds. The van der Waals surface area contributed by atoms with Crippen LogP contribution >= 0.6 is 0 Å². The van der Waals surface area contributed by atoms with Crippen LogP contribution in [0.15, 0.2) is 0 Å². The largest absolute Gasteiger partial charge is 0.389 e. The van der Waals surface area contributed by atoms with Crippen molar-refractivity contribution in [3.05, 3.63) is 0 Å². The Labute approximate surface area is 199 Å². The summed E-state index contributed by atoms with van der Waals surface area (Å²) in [6, 6.07) is 0. The zero-order valence-corrected chi connectivity index (χ0v) is 21.7. The quantitative estimate of drug-likeness (QED) is 0.112. The second-order valence-corrected chi connectivity index (χ2v) is 10.2. The van der Waals surface area contributed by atoms with Gasteiger partial charge in [-0.3, -0.25) is 0 Å². The highest BCUT2D eigenvalue weighted by Crippen LogP contribution is 2.23. The zero-order chi connectivity index (χ0) is 23.6. The molecule has 0 aliphatic rings. The molecule has 194 valence electrons. The highest BCUT2D eigenvalue weighted by molar-refractivity contribution is 4.53. The zero-order valence-electron chi connectivity index (χ0n) is 21.7.